The molecule has 4 atom stereocenters. The van der Waals surface area contributed by atoms with Crippen molar-refractivity contribution in [3.05, 3.63) is 58.9 Å². The van der Waals surface area contributed by atoms with Gasteiger partial charge in [-0.1, -0.05) is 56.9 Å². The van der Waals surface area contributed by atoms with E-state index in [1.807, 2.05) is 19.1 Å². The van der Waals surface area contributed by atoms with Gasteiger partial charge in [-0.15, -0.1) is 0 Å². The van der Waals surface area contributed by atoms with E-state index >= 15 is 13.2 Å². The molecule has 2 aromatic carbocycles. The third kappa shape index (κ3) is 4.77. The van der Waals surface area contributed by atoms with Crippen molar-refractivity contribution in [2.24, 2.45) is 17.8 Å². The Morgan fingerprint density at radius 2 is 1.72 bits per heavy atom. The summed E-state index contributed by atoms with van der Waals surface area (Å²) < 4.78 is 45.4. The number of hydrogen-bond acceptors (Lipinski definition) is 0. The Morgan fingerprint density at radius 3 is 2.50 bits per heavy atom. The van der Waals surface area contributed by atoms with Crippen LogP contribution < -0.4 is 0 Å². The summed E-state index contributed by atoms with van der Waals surface area (Å²) in [6, 6.07) is 5.22. The third-order valence-corrected chi connectivity index (χ3v) is 8.17. The maximum Gasteiger partial charge on any atom is 0.169 e. The van der Waals surface area contributed by atoms with Gasteiger partial charge >= 0.3 is 0 Å². The van der Waals surface area contributed by atoms with E-state index in [4.69, 9.17) is 0 Å². The summed E-state index contributed by atoms with van der Waals surface area (Å²) in [4.78, 5) is 0. The molecule has 174 valence electrons. The maximum absolute atomic E-state index is 15.2. The molecule has 0 spiro atoms. The standard InChI is InChI=1S/C29H37F3/c1-3-5-7-9-20-12-15-24-18-25(28(31)29(32)26(24)27(20)30)23-14-13-21-16-19(8-6-4-2)10-11-22(21)17-23/h3,5,12,15,18-19,21-23H,4,6-11,13-14,16-17H2,1-2H3/b5-3+. The second kappa shape index (κ2) is 10.4. The van der Waals surface area contributed by atoms with Gasteiger partial charge in [0.25, 0.3) is 0 Å². The molecule has 3 heteroatoms. The molecule has 0 aliphatic heterocycles. The molecule has 0 amide bonds. The Balaban J connectivity index is 1.54. The predicted octanol–water partition coefficient (Wildman–Crippen LogP) is 9.26. The predicted molar refractivity (Wildman–Crippen MR) is 127 cm³/mol. The van der Waals surface area contributed by atoms with Crippen LogP contribution in [0.5, 0.6) is 0 Å². The van der Waals surface area contributed by atoms with Crippen molar-refractivity contribution in [3.8, 4) is 0 Å². The quantitative estimate of drug-likeness (QED) is 0.375. The molecule has 4 rings (SSSR count). The second-order valence-electron chi connectivity index (χ2n) is 10.2. The lowest BCUT2D eigenvalue weighted by Crippen LogP contribution is -2.30. The first-order chi connectivity index (χ1) is 15.5. The van der Waals surface area contributed by atoms with Crippen LogP contribution in [0.3, 0.4) is 0 Å². The molecule has 4 unspecified atom stereocenters. The molecule has 0 N–H and O–H groups in total. The highest BCUT2D eigenvalue weighted by molar-refractivity contribution is 5.85. The number of hydrogen-bond donors (Lipinski definition) is 0. The number of benzene rings is 2. The van der Waals surface area contributed by atoms with E-state index in [0.717, 1.165) is 31.1 Å². The molecule has 0 heterocycles. The average Bonchev–Trinajstić information content (AvgIpc) is 2.81. The third-order valence-electron chi connectivity index (χ3n) is 8.17. The number of unbranched alkanes of at least 4 members (excludes halogenated alkanes) is 1. The molecule has 0 saturated heterocycles. The fourth-order valence-electron chi connectivity index (χ4n) is 6.36. The van der Waals surface area contributed by atoms with E-state index in [1.165, 1.54) is 38.5 Å². The van der Waals surface area contributed by atoms with Crippen molar-refractivity contribution >= 4 is 10.8 Å². The fourth-order valence-corrected chi connectivity index (χ4v) is 6.36. The number of rotatable bonds is 7. The van der Waals surface area contributed by atoms with E-state index in [2.05, 4.69) is 6.92 Å². The van der Waals surface area contributed by atoms with Crippen LogP contribution in [-0.4, -0.2) is 0 Å². The van der Waals surface area contributed by atoms with Crippen LogP contribution >= 0.6 is 0 Å². The largest absolute Gasteiger partial charge is 0.206 e. The molecule has 2 fully saturated rings. The molecule has 0 radical (unpaired) electrons. The molecule has 0 aromatic heterocycles. The molecule has 2 aromatic rings. The van der Waals surface area contributed by atoms with Crippen LogP contribution in [0.4, 0.5) is 13.2 Å². The SMILES string of the molecule is C/C=C/CCc1ccc2cc(C3CCC4CC(CCCC)CCC4C3)c(F)c(F)c2c1F. The number of fused-ring (bicyclic) bond motifs is 2. The van der Waals surface area contributed by atoms with Crippen LogP contribution in [0.2, 0.25) is 0 Å². The van der Waals surface area contributed by atoms with E-state index in [0.29, 0.717) is 35.3 Å². The first kappa shape index (κ1) is 23.4. The minimum Gasteiger partial charge on any atom is -0.206 e. The van der Waals surface area contributed by atoms with Crippen molar-refractivity contribution in [2.45, 2.75) is 90.4 Å². The lowest BCUT2D eigenvalue weighted by atomic mass is 9.63. The zero-order valence-electron chi connectivity index (χ0n) is 19.6. The highest BCUT2D eigenvalue weighted by Crippen LogP contribution is 2.49. The first-order valence-corrected chi connectivity index (χ1v) is 12.7. The molecule has 2 aliphatic carbocycles. The van der Waals surface area contributed by atoms with E-state index < -0.39 is 17.5 Å². The molecule has 32 heavy (non-hydrogen) atoms. The average molecular weight is 443 g/mol. The fraction of sp³-hybridized carbons (Fsp3) is 0.586. The van der Waals surface area contributed by atoms with Crippen LogP contribution in [0.25, 0.3) is 10.8 Å². The summed E-state index contributed by atoms with van der Waals surface area (Å²) >= 11 is 0. The highest BCUT2D eigenvalue weighted by Gasteiger charge is 2.37. The van der Waals surface area contributed by atoms with Gasteiger partial charge in [-0.25, -0.2) is 13.2 Å². The van der Waals surface area contributed by atoms with Gasteiger partial charge < -0.3 is 0 Å². The summed E-state index contributed by atoms with van der Waals surface area (Å²) in [7, 11) is 0. The summed E-state index contributed by atoms with van der Waals surface area (Å²) in [5.41, 5.74) is 0.907. The van der Waals surface area contributed by atoms with E-state index in [-0.39, 0.29) is 11.3 Å². The molecule has 0 nitrogen and oxygen atoms in total. The number of allylic oxidation sites excluding steroid dienone is 2. The minimum atomic E-state index is -1.01. The van der Waals surface area contributed by atoms with Gasteiger partial charge in [-0.05, 0) is 98.1 Å². The molecule has 2 aliphatic rings. The van der Waals surface area contributed by atoms with Crippen LogP contribution in [0, 0.1) is 35.2 Å². The van der Waals surface area contributed by atoms with Crippen LogP contribution in [0.15, 0.2) is 30.4 Å². The number of aryl methyl sites for hydroxylation is 1. The van der Waals surface area contributed by atoms with E-state index in [1.54, 1.807) is 18.2 Å². The minimum absolute atomic E-state index is 0.0415. The molecule has 2 saturated carbocycles. The second-order valence-corrected chi connectivity index (χ2v) is 10.2. The monoisotopic (exact) mass is 442 g/mol. The smallest absolute Gasteiger partial charge is 0.169 e. The lowest BCUT2D eigenvalue weighted by molar-refractivity contribution is 0.112. The topological polar surface area (TPSA) is 0 Å². The van der Waals surface area contributed by atoms with Crippen molar-refractivity contribution in [1.29, 1.82) is 0 Å². The zero-order valence-corrected chi connectivity index (χ0v) is 19.6. The van der Waals surface area contributed by atoms with Gasteiger partial charge in [-0.3, -0.25) is 0 Å². The van der Waals surface area contributed by atoms with Crippen LogP contribution in [-0.2, 0) is 6.42 Å². The van der Waals surface area contributed by atoms with Gasteiger partial charge in [-0.2, -0.15) is 0 Å². The molecule has 0 bridgehead atoms. The van der Waals surface area contributed by atoms with Gasteiger partial charge in [0, 0.05) is 0 Å². The van der Waals surface area contributed by atoms with Crippen molar-refractivity contribution in [2.75, 3.05) is 0 Å². The summed E-state index contributed by atoms with van der Waals surface area (Å²) in [6.45, 7) is 4.17. The molecular formula is C29H37F3. The Labute approximate surface area is 191 Å². The van der Waals surface area contributed by atoms with Crippen molar-refractivity contribution in [1.82, 2.24) is 0 Å². The van der Waals surface area contributed by atoms with Crippen molar-refractivity contribution < 1.29 is 13.2 Å². The van der Waals surface area contributed by atoms with Gasteiger partial charge in [0.15, 0.2) is 11.6 Å². The van der Waals surface area contributed by atoms with Crippen LogP contribution in [0.1, 0.15) is 95.1 Å². The lowest BCUT2D eigenvalue weighted by Gasteiger charge is -2.42. The van der Waals surface area contributed by atoms with Gasteiger partial charge in [0.05, 0.1) is 5.39 Å². The Kier molecular flexibility index (Phi) is 7.63. The van der Waals surface area contributed by atoms with Gasteiger partial charge in [0.1, 0.15) is 5.82 Å². The Bertz CT molecular complexity index is 961. The number of halogens is 3. The Hall–Kier alpha value is -1.77. The zero-order chi connectivity index (χ0) is 22.7. The molecular weight excluding hydrogens is 405 g/mol. The van der Waals surface area contributed by atoms with Crippen molar-refractivity contribution in [3.63, 3.8) is 0 Å². The first-order valence-electron chi connectivity index (χ1n) is 12.7. The van der Waals surface area contributed by atoms with Gasteiger partial charge in [0.2, 0.25) is 0 Å². The summed E-state index contributed by atoms with van der Waals surface area (Å²) in [5, 5.41) is 0.297. The normalized spacial score (nSPS) is 26.0. The Morgan fingerprint density at radius 1 is 0.938 bits per heavy atom. The highest BCUT2D eigenvalue weighted by atomic mass is 19.2. The summed E-state index contributed by atoms with van der Waals surface area (Å²) in [6.07, 6.45) is 15.7. The maximum atomic E-state index is 15.2. The van der Waals surface area contributed by atoms with E-state index in [9.17, 15) is 0 Å². The summed E-state index contributed by atoms with van der Waals surface area (Å²) in [5.74, 6) is -0.185.